The van der Waals surface area contributed by atoms with Crippen LogP contribution in [0.2, 0.25) is 0 Å². The van der Waals surface area contributed by atoms with Gasteiger partial charge < -0.3 is 10.1 Å². The number of rotatable bonds is 6. The summed E-state index contributed by atoms with van der Waals surface area (Å²) in [6.45, 7) is 1.99. The second kappa shape index (κ2) is 8.57. The van der Waals surface area contributed by atoms with E-state index in [1.165, 1.54) is 30.0 Å². The first-order chi connectivity index (χ1) is 13.4. The van der Waals surface area contributed by atoms with Gasteiger partial charge in [-0.15, -0.1) is 0 Å². The van der Waals surface area contributed by atoms with Gasteiger partial charge in [0.05, 0.1) is 34.0 Å². The second-order valence-corrected chi connectivity index (χ2v) is 7.77. The molecule has 144 valence electrons. The van der Waals surface area contributed by atoms with Crippen molar-refractivity contribution in [3.63, 3.8) is 0 Å². The van der Waals surface area contributed by atoms with Crippen molar-refractivity contribution in [1.29, 1.82) is 0 Å². The van der Waals surface area contributed by atoms with Crippen molar-refractivity contribution in [1.82, 2.24) is 4.98 Å². The number of carbonyl (C=O) groups excluding carboxylic acids is 1. The zero-order valence-electron chi connectivity index (χ0n) is 15.1. The Balaban J connectivity index is 1.70. The van der Waals surface area contributed by atoms with Gasteiger partial charge in [0, 0.05) is 28.1 Å². The molecule has 28 heavy (non-hydrogen) atoms. The first-order valence-electron chi connectivity index (χ1n) is 8.19. The highest BCUT2D eigenvalue weighted by Gasteiger charge is 2.12. The number of benzene rings is 2. The van der Waals surface area contributed by atoms with Gasteiger partial charge in [0.15, 0.2) is 0 Å². The van der Waals surface area contributed by atoms with Gasteiger partial charge in [-0.05, 0) is 52.7 Å². The third-order valence-electron chi connectivity index (χ3n) is 3.99. The van der Waals surface area contributed by atoms with Crippen LogP contribution in [0.15, 0.2) is 52.0 Å². The predicted octanol–water partition coefficient (Wildman–Crippen LogP) is 4.95. The number of anilines is 1. The molecule has 0 atom stereocenters. The van der Waals surface area contributed by atoms with Gasteiger partial charge in [0.1, 0.15) is 5.75 Å². The lowest BCUT2D eigenvalue weighted by atomic mass is 10.1. The summed E-state index contributed by atoms with van der Waals surface area (Å²) >= 11 is 4.56. The van der Waals surface area contributed by atoms with E-state index in [9.17, 15) is 14.9 Å². The zero-order valence-corrected chi connectivity index (χ0v) is 17.5. The van der Waals surface area contributed by atoms with Gasteiger partial charge >= 0.3 is 0 Å². The smallest absolute Gasteiger partial charge is 0.270 e. The van der Waals surface area contributed by atoms with Crippen LogP contribution in [0.3, 0.4) is 0 Å². The molecular formula is C19H16BrN3O4S. The van der Waals surface area contributed by atoms with E-state index < -0.39 is 4.92 Å². The molecule has 0 bridgehead atoms. The van der Waals surface area contributed by atoms with Gasteiger partial charge in [-0.2, -0.15) is 0 Å². The number of nitro benzene ring substituents is 1. The van der Waals surface area contributed by atoms with Crippen molar-refractivity contribution in [3.05, 3.63) is 62.6 Å². The monoisotopic (exact) mass is 461 g/mol. The van der Waals surface area contributed by atoms with E-state index in [4.69, 9.17) is 4.74 Å². The number of nitrogens with one attached hydrogen (secondary N) is 1. The summed E-state index contributed by atoms with van der Waals surface area (Å²) in [5.41, 5.74) is 2.29. The minimum atomic E-state index is -0.491. The van der Waals surface area contributed by atoms with Crippen molar-refractivity contribution in [2.75, 3.05) is 18.2 Å². The molecule has 7 nitrogen and oxygen atoms in total. The molecule has 0 fully saturated rings. The minimum absolute atomic E-state index is 0.0504. The van der Waals surface area contributed by atoms with Gasteiger partial charge in [-0.3, -0.25) is 14.9 Å². The number of aromatic nitrogens is 1. The molecule has 0 aliphatic carbocycles. The van der Waals surface area contributed by atoms with Crippen molar-refractivity contribution >= 4 is 55.9 Å². The van der Waals surface area contributed by atoms with Crippen LogP contribution in [-0.2, 0) is 4.79 Å². The number of amides is 1. The molecule has 2 aromatic carbocycles. The molecule has 3 rings (SSSR count). The number of nitro groups is 1. The van der Waals surface area contributed by atoms with Crippen LogP contribution in [0.1, 0.15) is 5.56 Å². The molecule has 0 saturated heterocycles. The molecule has 0 unspecified atom stereocenters. The predicted molar refractivity (Wildman–Crippen MR) is 113 cm³/mol. The van der Waals surface area contributed by atoms with Gasteiger partial charge in [-0.25, -0.2) is 4.98 Å². The maximum Gasteiger partial charge on any atom is 0.270 e. The van der Waals surface area contributed by atoms with Crippen LogP contribution in [0, 0.1) is 17.0 Å². The molecule has 0 spiro atoms. The Bertz CT molecular complexity index is 1070. The van der Waals surface area contributed by atoms with Gasteiger partial charge in [0.25, 0.3) is 5.69 Å². The Hall–Kier alpha value is -2.65. The van der Waals surface area contributed by atoms with Crippen molar-refractivity contribution < 1.29 is 14.5 Å². The van der Waals surface area contributed by atoms with Crippen LogP contribution < -0.4 is 10.1 Å². The number of pyridine rings is 1. The first kappa shape index (κ1) is 20.1. The Morgan fingerprint density at radius 2 is 2.07 bits per heavy atom. The van der Waals surface area contributed by atoms with E-state index in [1.807, 2.05) is 31.2 Å². The quantitative estimate of drug-likeness (QED) is 0.316. The highest BCUT2D eigenvalue weighted by molar-refractivity contribution is 9.10. The van der Waals surface area contributed by atoms with E-state index in [-0.39, 0.29) is 17.3 Å². The number of halogens is 1. The largest absolute Gasteiger partial charge is 0.497 e. The van der Waals surface area contributed by atoms with Crippen LogP contribution in [-0.4, -0.2) is 28.7 Å². The number of hydrogen-bond acceptors (Lipinski definition) is 6. The maximum absolute atomic E-state index is 12.3. The lowest BCUT2D eigenvalue weighted by molar-refractivity contribution is -0.384. The molecule has 1 heterocycles. The molecular weight excluding hydrogens is 446 g/mol. The molecule has 3 aromatic rings. The molecule has 0 saturated carbocycles. The van der Waals surface area contributed by atoms with Crippen LogP contribution in [0.25, 0.3) is 10.9 Å². The summed E-state index contributed by atoms with van der Waals surface area (Å²) in [7, 11) is 1.60. The maximum atomic E-state index is 12.3. The summed E-state index contributed by atoms with van der Waals surface area (Å²) in [5, 5.41) is 15.3. The van der Waals surface area contributed by atoms with Crippen LogP contribution >= 0.6 is 27.7 Å². The number of fused-ring (bicyclic) bond motifs is 1. The Kier molecular flexibility index (Phi) is 6.15. The van der Waals surface area contributed by atoms with E-state index in [2.05, 4.69) is 26.2 Å². The van der Waals surface area contributed by atoms with Crippen molar-refractivity contribution in [3.8, 4) is 5.75 Å². The van der Waals surface area contributed by atoms with E-state index in [1.54, 1.807) is 7.11 Å². The lowest BCUT2D eigenvalue weighted by Gasteiger charge is -2.09. The van der Waals surface area contributed by atoms with Gasteiger partial charge in [-0.1, -0.05) is 11.8 Å². The first-order valence-corrected chi connectivity index (χ1v) is 9.97. The standard InChI is InChI=1S/C19H16BrN3O4S/c1-11-7-19(22-17-9-13(27-2)4-5-14(11)17)28-10-18(24)21-16-6-3-12(23(25)26)8-15(16)20/h3-9H,10H2,1-2H3,(H,21,24). The number of carbonyl (C=O) groups is 1. The Morgan fingerprint density at radius 3 is 2.75 bits per heavy atom. The van der Waals surface area contributed by atoms with Crippen molar-refractivity contribution in [2.45, 2.75) is 11.9 Å². The summed E-state index contributed by atoms with van der Waals surface area (Å²) in [5.74, 6) is 0.651. The average Bonchev–Trinajstić information content (AvgIpc) is 2.67. The summed E-state index contributed by atoms with van der Waals surface area (Å²) < 4.78 is 5.69. The number of thioether (sulfide) groups is 1. The number of methoxy groups -OCH3 is 1. The van der Waals surface area contributed by atoms with Crippen LogP contribution in [0.4, 0.5) is 11.4 Å². The molecule has 1 aromatic heterocycles. The van der Waals surface area contributed by atoms with E-state index in [0.29, 0.717) is 10.2 Å². The molecule has 9 heteroatoms. The number of ether oxygens (including phenoxy) is 1. The molecule has 1 amide bonds. The molecule has 0 aliphatic heterocycles. The zero-order chi connectivity index (χ0) is 20.3. The summed E-state index contributed by atoms with van der Waals surface area (Å²) in [4.78, 5) is 27.2. The molecule has 0 aliphatic rings. The number of hydrogen-bond donors (Lipinski definition) is 1. The lowest BCUT2D eigenvalue weighted by Crippen LogP contribution is -2.14. The second-order valence-electron chi connectivity index (χ2n) is 5.92. The highest BCUT2D eigenvalue weighted by atomic mass is 79.9. The summed E-state index contributed by atoms with van der Waals surface area (Å²) in [6.07, 6.45) is 0. The Labute approximate surface area is 173 Å². The fourth-order valence-corrected chi connectivity index (χ4v) is 3.84. The summed E-state index contributed by atoms with van der Waals surface area (Å²) in [6, 6.07) is 11.8. The number of aryl methyl sites for hydroxylation is 1. The topological polar surface area (TPSA) is 94.4 Å². The molecule has 1 N–H and O–H groups in total. The minimum Gasteiger partial charge on any atom is -0.497 e. The number of non-ortho nitro benzene ring substituents is 1. The molecule has 0 radical (unpaired) electrons. The third-order valence-corrected chi connectivity index (χ3v) is 5.56. The van der Waals surface area contributed by atoms with Gasteiger partial charge in [0.2, 0.25) is 5.91 Å². The highest BCUT2D eigenvalue weighted by Crippen LogP contribution is 2.29. The van der Waals surface area contributed by atoms with E-state index in [0.717, 1.165) is 27.2 Å². The van der Waals surface area contributed by atoms with E-state index >= 15 is 0 Å². The Morgan fingerprint density at radius 1 is 1.29 bits per heavy atom. The average molecular weight is 462 g/mol. The van der Waals surface area contributed by atoms with Crippen LogP contribution in [0.5, 0.6) is 5.75 Å². The number of nitrogens with zero attached hydrogens (tertiary/aromatic N) is 2. The van der Waals surface area contributed by atoms with Crippen molar-refractivity contribution in [2.24, 2.45) is 0 Å². The third kappa shape index (κ3) is 4.60. The SMILES string of the molecule is COc1ccc2c(C)cc(SCC(=O)Nc3ccc([N+](=O)[O-])cc3Br)nc2c1. The fourth-order valence-electron chi connectivity index (χ4n) is 2.60. The normalized spacial score (nSPS) is 10.7. The fraction of sp³-hybridized carbons (Fsp3) is 0.158.